The lowest BCUT2D eigenvalue weighted by atomic mass is 10.0. The molecule has 9 heteroatoms. The van der Waals surface area contributed by atoms with Crippen molar-refractivity contribution in [2.45, 2.75) is 6.04 Å². The van der Waals surface area contributed by atoms with Gasteiger partial charge in [0.1, 0.15) is 0 Å². The Kier molecular flexibility index (Phi) is 3.23. The molecule has 0 radical (unpaired) electrons. The van der Waals surface area contributed by atoms with Gasteiger partial charge < -0.3 is 5.73 Å². The van der Waals surface area contributed by atoms with E-state index >= 15 is 0 Å². The van der Waals surface area contributed by atoms with E-state index in [-0.39, 0.29) is 5.69 Å². The molecule has 2 aromatic rings. The first-order chi connectivity index (χ1) is 8.86. The van der Waals surface area contributed by atoms with Crippen LogP contribution in [-0.2, 0) is 7.05 Å². The number of aryl methyl sites for hydroxylation is 1. The van der Waals surface area contributed by atoms with Crippen LogP contribution >= 0.6 is 0 Å². The van der Waals surface area contributed by atoms with Gasteiger partial charge in [-0.25, -0.2) is 22.0 Å². The average Bonchev–Trinajstić information content (AvgIpc) is 2.80. The van der Waals surface area contributed by atoms with E-state index in [1.165, 1.54) is 7.05 Å². The Labute approximate surface area is 103 Å². The topological polar surface area (TPSA) is 56.7 Å². The summed E-state index contributed by atoms with van der Waals surface area (Å²) < 4.78 is 67.1. The molecule has 1 aromatic heterocycles. The number of aromatic nitrogens is 3. The first-order valence-electron chi connectivity index (χ1n) is 4.97. The van der Waals surface area contributed by atoms with Crippen molar-refractivity contribution >= 4 is 0 Å². The van der Waals surface area contributed by atoms with Crippen LogP contribution in [0.5, 0.6) is 0 Å². The molecule has 0 bridgehead atoms. The third kappa shape index (κ3) is 1.95. The van der Waals surface area contributed by atoms with Crippen LogP contribution in [0, 0.1) is 29.1 Å². The Hall–Kier alpha value is -2.03. The van der Waals surface area contributed by atoms with Gasteiger partial charge >= 0.3 is 0 Å². The summed E-state index contributed by atoms with van der Waals surface area (Å²) in [6.45, 7) is 0. The summed E-state index contributed by atoms with van der Waals surface area (Å²) in [6, 6.07) is -1.58. The smallest absolute Gasteiger partial charge is 0.200 e. The number of rotatable bonds is 2. The molecule has 19 heavy (non-hydrogen) atoms. The minimum Gasteiger partial charge on any atom is -0.319 e. The van der Waals surface area contributed by atoms with Crippen LogP contribution in [0.3, 0.4) is 0 Å². The summed E-state index contributed by atoms with van der Waals surface area (Å²) in [5.41, 5.74) is 4.39. The third-order valence-electron chi connectivity index (χ3n) is 2.62. The van der Waals surface area contributed by atoms with Crippen LogP contribution in [0.25, 0.3) is 0 Å². The molecule has 0 aliphatic heterocycles. The summed E-state index contributed by atoms with van der Waals surface area (Å²) in [5, 5.41) is 6.88. The Morgan fingerprint density at radius 2 is 1.47 bits per heavy atom. The monoisotopic (exact) mass is 278 g/mol. The molecule has 1 unspecified atom stereocenters. The lowest BCUT2D eigenvalue weighted by Crippen LogP contribution is -2.21. The lowest BCUT2D eigenvalue weighted by molar-refractivity contribution is 0.366. The fourth-order valence-corrected chi connectivity index (χ4v) is 1.62. The van der Waals surface area contributed by atoms with Crippen molar-refractivity contribution in [3.63, 3.8) is 0 Å². The molecule has 1 heterocycles. The summed E-state index contributed by atoms with van der Waals surface area (Å²) >= 11 is 0. The Morgan fingerprint density at radius 3 is 1.89 bits per heavy atom. The minimum atomic E-state index is -2.23. The van der Waals surface area contributed by atoms with Gasteiger partial charge in [0.2, 0.25) is 5.82 Å². The maximum Gasteiger partial charge on any atom is 0.200 e. The molecule has 0 aliphatic carbocycles. The molecule has 2 rings (SSSR count). The molecule has 0 saturated heterocycles. The van der Waals surface area contributed by atoms with Crippen molar-refractivity contribution in [3.05, 3.63) is 46.5 Å². The van der Waals surface area contributed by atoms with Crippen LogP contribution in [0.15, 0.2) is 6.20 Å². The lowest BCUT2D eigenvalue weighted by Gasteiger charge is -2.14. The van der Waals surface area contributed by atoms with Crippen LogP contribution in [0.4, 0.5) is 22.0 Å². The molecule has 1 atom stereocenters. The van der Waals surface area contributed by atoms with Gasteiger partial charge in [-0.05, 0) is 0 Å². The standard InChI is InChI=1S/C10H7F5N4/c1-19-3(2-17-18-19)10(16)4-5(11)7(13)9(15)8(14)6(4)12/h2,10H,16H2,1H3. The predicted octanol–water partition coefficient (Wildman–Crippen LogP) is 1.56. The van der Waals surface area contributed by atoms with Crippen LogP contribution in [-0.4, -0.2) is 15.0 Å². The van der Waals surface area contributed by atoms with Crippen molar-refractivity contribution in [1.82, 2.24) is 15.0 Å². The second kappa shape index (κ2) is 4.57. The molecule has 0 amide bonds. The maximum absolute atomic E-state index is 13.5. The van der Waals surface area contributed by atoms with Gasteiger partial charge in [-0.1, -0.05) is 5.21 Å². The highest BCUT2D eigenvalue weighted by molar-refractivity contribution is 5.31. The van der Waals surface area contributed by atoms with Gasteiger partial charge in [-0.15, -0.1) is 5.10 Å². The fourth-order valence-electron chi connectivity index (χ4n) is 1.62. The molecule has 0 aliphatic rings. The molecule has 1 aromatic carbocycles. The van der Waals surface area contributed by atoms with Gasteiger partial charge in [-0.3, -0.25) is 4.68 Å². The second-order valence-electron chi connectivity index (χ2n) is 3.74. The van der Waals surface area contributed by atoms with E-state index in [2.05, 4.69) is 10.3 Å². The third-order valence-corrected chi connectivity index (χ3v) is 2.62. The normalized spacial score (nSPS) is 12.8. The van der Waals surface area contributed by atoms with Crippen LogP contribution in [0.1, 0.15) is 17.3 Å². The number of benzene rings is 1. The number of hydrogen-bond donors (Lipinski definition) is 1. The van der Waals surface area contributed by atoms with E-state index in [4.69, 9.17) is 5.73 Å². The molecular weight excluding hydrogens is 271 g/mol. The van der Waals surface area contributed by atoms with Crippen molar-refractivity contribution in [3.8, 4) is 0 Å². The minimum absolute atomic E-state index is 0.00297. The zero-order valence-electron chi connectivity index (χ0n) is 9.46. The number of halogens is 5. The van der Waals surface area contributed by atoms with E-state index in [1.807, 2.05) is 0 Å². The van der Waals surface area contributed by atoms with Crippen LogP contribution in [0.2, 0.25) is 0 Å². The Bertz CT molecular complexity index is 610. The highest BCUT2D eigenvalue weighted by atomic mass is 19.2. The Morgan fingerprint density at radius 1 is 1.00 bits per heavy atom. The van der Waals surface area contributed by atoms with E-state index in [0.717, 1.165) is 10.9 Å². The first kappa shape index (κ1) is 13.4. The molecule has 0 fully saturated rings. The van der Waals surface area contributed by atoms with Gasteiger partial charge in [0.05, 0.1) is 23.5 Å². The quantitative estimate of drug-likeness (QED) is 0.515. The van der Waals surface area contributed by atoms with E-state index in [9.17, 15) is 22.0 Å². The molecule has 0 saturated carbocycles. The molecule has 4 nitrogen and oxygen atoms in total. The Balaban J connectivity index is 2.67. The summed E-state index contributed by atoms with van der Waals surface area (Å²) in [7, 11) is 1.37. The SMILES string of the molecule is Cn1nncc1C(N)c1c(F)c(F)c(F)c(F)c1F. The average molecular weight is 278 g/mol. The number of nitrogens with zero attached hydrogens (tertiary/aromatic N) is 3. The largest absolute Gasteiger partial charge is 0.319 e. The molecule has 2 N–H and O–H groups in total. The van der Waals surface area contributed by atoms with Crippen molar-refractivity contribution in [2.75, 3.05) is 0 Å². The number of nitrogens with two attached hydrogens (primary N) is 1. The van der Waals surface area contributed by atoms with Crippen molar-refractivity contribution in [2.24, 2.45) is 12.8 Å². The van der Waals surface area contributed by atoms with Gasteiger partial charge in [0.25, 0.3) is 0 Å². The second-order valence-corrected chi connectivity index (χ2v) is 3.74. The maximum atomic E-state index is 13.5. The summed E-state index contributed by atoms with van der Waals surface area (Å²) in [6.07, 6.45) is 1.07. The zero-order chi connectivity index (χ0) is 14.3. The van der Waals surface area contributed by atoms with Gasteiger partial charge in [0, 0.05) is 7.05 Å². The van der Waals surface area contributed by atoms with E-state index in [1.54, 1.807) is 0 Å². The van der Waals surface area contributed by atoms with Crippen molar-refractivity contribution in [1.29, 1.82) is 0 Å². The van der Waals surface area contributed by atoms with Crippen molar-refractivity contribution < 1.29 is 22.0 Å². The fraction of sp³-hybridized carbons (Fsp3) is 0.200. The van der Waals surface area contributed by atoms with Gasteiger partial charge in [0.15, 0.2) is 23.3 Å². The van der Waals surface area contributed by atoms with Crippen LogP contribution < -0.4 is 5.73 Å². The molecule has 102 valence electrons. The summed E-state index contributed by atoms with van der Waals surface area (Å²) in [5.74, 6) is -10.2. The van der Waals surface area contributed by atoms with E-state index < -0.39 is 40.7 Å². The highest BCUT2D eigenvalue weighted by Crippen LogP contribution is 2.29. The zero-order valence-corrected chi connectivity index (χ0v) is 9.46. The van der Waals surface area contributed by atoms with Gasteiger partial charge in [-0.2, -0.15) is 0 Å². The summed E-state index contributed by atoms with van der Waals surface area (Å²) in [4.78, 5) is 0. The highest BCUT2D eigenvalue weighted by Gasteiger charge is 2.30. The molecule has 0 spiro atoms. The molecular formula is C10H7F5N4. The first-order valence-corrected chi connectivity index (χ1v) is 4.97. The predicted molar refractivity (Wildman–Crippen MR) is 53.3 cm³/mol. The van der Waals surface area contributed by atoms with E-state index in [0.29, 0.717) is 0 Å². The number of hydrogen-bond acceptors (Lipinski definition) is 3.